The Morgan fingerprint density at radius 1 is 1.27 bits per heavy atom. The van der Waals surface area contributed by atoms with Crippen molar-refractivity contribution in [2.24, 2.45) is 5.84 Å². The van der Waals surface area contributed by atoms with Gasteiger partial charge in [-0.2, -0.15) is 0 Å². The van der Waals surface area contributed by atoms with Gasteiger partial charge >= 0.3 is 29.6 Å². The molecule has 0 amide bonds. The van der Waals surface area contributed by atoms with Gasteiger partial charge in [-0.3, -0.25) is 5.84 Å². The molecule has 1 aromatic carbocycles. The van der Waals surface area contributed by atoms with Crippen LogP contribution in [0.2, 0.25) is 10.0 Å². The number of nitrogens with one attached hydrogen (secondary N) is 1. The Kier molecular flexibility index (Phi) is 5.87. The summed E-state index contributed by atoms with van der Waals surface area (Å²) >= 11 is 11.1. The maximum atomic E-state index is 10.7. The predicted octanol–water partition coefficient (Wildman–Crippen LogP) is -1.81. The molecule has 0 fully saturated rings. The number of hydrogen-bond donors (Lipinski definition) is 2. The van der Waals surface area contributed by atoms with Crippen LogP contribution in [0.25, 0.3) is 0 Å². The van der Waals surface area contributed by atoms with Gasteiger partial charge in [-0.05, 0) is 12.1 Å². The second-order valence-electron chi connectivity index (χ2n) is 2.36. The van der Waals surface area contributed by atoms with Crippen molar-refractivity contribution in [2.75, 3.05) is 5.43 Å². The fourth-order valence-corrected chi connectivity index (χ4v) is 2.12. The molecule has 1 aromatic rings. The number of anilines is 1. The van der Waals surface area contributed by atoms with Crippen molar-refractivity contribution in [3.05, 3.63) is 22.2 Å². The Labute approximate surface area is 119 Å². The van der Waals surface area contributed by atoms with Gasteiger partial charge in [0.1, 0.15) is 10.1 Å². The summed E-state index contributed by atoms with van der Waals surface area (Å²) in [6, 6.07) is 2.11. The summed E-state index contributed by atoms with van der Waals surface area (Å²) in [7, 11) is -4.62. The molecule has 0 aliphatic rings. The van der Waals surface area contributed by atoms with Gasteiger partial charge in [0, 0.05) is 0 Å². The topological polar surface area (TPSA) is 95.2 Å². The fourth-order valence-electron chi connectivity index (χ4n) is 0.831. The summed E-state index contributed by atoms with van der Waals surface area (Å²) < 4.78 is 32.0. The molecule has 0 aliphatic heterocycles. The summed E-state index contributed by atoms with van der Waals surface area (Å²) in [5.41, 5.74) is 2.44. The normalized spacial score (nSPS) is 10.7. The summed E-state index contributed by atoms with van der Waals surface area (Å²) in [5, 5.41) is -0.219. The third-order valence-electron chi connectivity index (χ3n) is 1.45. The average molecular weight is 279 g/mol. The van der Waals surface area contributed by atoms with E-state index in [0.717, 1.165) is 12.1 Å². The zero-order chi connectivity index (χ0) is 10.9. The SMILES string of the molecule is NNc1cc(Cl)c(S(=O)(=O)[O-])cc1Cl.[Na+]. The number of rotatable bonds is 2. The minimum absolute atomic E-state index is 0. The first kappa shape index (κ1) is 15.5. The summed E-state index contributed by atoms with van der Waals surface area (Å²) in [6.07, 6.45) is 0. The van der Waals surface area contributed by atoms with Crippen molar-refractivity contribution in [3.63, 3.8) is 0 Å². The fraction of sp³-hybridized carbons (Fsp3) is 0. The van der Waals surface area contributed by atoms with E-state index in [4.69, 9.17) is 29.0 Å². The van der Waals surface area contributed by atoms with E-state index in [2.05, 4.69) is 5.43 Å². The van der Waals surface area contributed by atoms with E-state index < -0.39 is 15.0 Å². The minimum atomic E-state index is -4.62. The summed E-state index contributed by atoms with van der Waals surface area (Å²) in [4.78, 5) is -0.567. The molecule has 78 valence electrons. The number of hydrogen-bond acceptors (Lipinski definition) is 5. The quantitative estimate of drug-likeness (QED) is 0.288. The predicted molar refractivity (Wildman–Crippen MR) is 52.2 cm³/mol. The maximum absolute atomic E-state index is 10.7. The molecular formula is C6H5Cl2N2NaO3S. The van der Waals surface area contributed by atoms with Gasteiger partial charge < -0.3 is 9.98 Å². The van der Waals surface area contributed by atoms with Crippen molar-refractivity contribution < 1.29 is 42.5 Å². The first-order valence-electron chi connectivity index (χ1n) is 3.28. The molecule has 0 radical (unpaired) electrons. The van der Waals surface area contributed by atoms with Gasteiger partial charge in [0.2, 0.25) is 0 Å². The zero-order valence-corrected chi connectivity index (χ0v) is 11.9. The molecule has 0 aromatic heterocycles. The van der Waals surface area contributed by atoms with Crippen LogP contribution in [0.3, 0.4) is 0 Å². The number of nitrogen functional groups attached to an aromatic ring is 1. The Balaban J connectivity index is 0.00000196. The molecule has 0 saturated carbocycles. The van der Waals surface area contributed by atoms with Crippen LogP contribution in [0.15, 0.2) is 17.0 Å². The smallest absolute Gasteiger partial charge is 0.744 e. The van der Waals surface area contributed by atoms with E-state index in [0.29, 0.717) is 0 Å². The van der Waals surface area contributed by atoms with E-state index in [1.54, 1.807) is 0 Å². The van der Waals surface area contributed by atoms with Crippen LogP contribution >= 0.6 is 23.2 Å². The molecule has 9 heteroatoms. The van der Waals surface area contributed by atoms with Crippen molar-refractivity contribution in [2.45, 2.75) is 4.90 Å². The van der Waals surface area contributed by atoms with Crippen LogP contribution in [0.1, 0.15) is 0 Å². The molecule has 15 heavy (non-hydrogen) atoms. The first-order chi connectivity index (χ1) is 6.36. The average Bonchev–Trinajstić information content (AvgIpc) is 2.06. The third kappa shape index (κ3) is 3.76. The second-order valence-corrected chi connectivity index (χ2v) is 4.52. The molecule has 0 bridgehead atoms. The van der Waals surface area contributed by atoms with Crippen LogP contribution in [0.4, 0.5) is 5.69 Å². The Bertz CT molecular complexity index is 466. The van der Waals surface area contributed by atoms with Crippen LogP contribution < -0.4 is 40.8 Å². The molecule has 0 heterocycles. The van der Waals surface area contributed by atoms with E-state index in [-0.39, 0.29) is 45.3 Å². The second kappa shape index (κ2) is 5.70. The molecule has 0 spiro atoms. The molecule has 0 saturated heterocycles. The van der Waals surface area contributed by atoms with Crippen molar-refractivity contribution in [3.8, 4) is 0 Å². The van der Waals surface area contributed by atoms with E-state index in [9.17, 15) is 13.0 Å². The number of hydrazine groups is 1. The van der Waals surface area contributed by atoms with Crippen LogP contribution in [0, 0.1) is 0 Å². The Hall–Kier alpha value is 0.470. The van der Waals surface area contributed by atoms with Gasteiger partial charge in [0.15, 0.2) is 0 Å². The molecule has 0 atom stereocenters. The molecule has 0 unspecified atom stereocenters. The largest absolute Gasteiger partial charge is 1.00 e. The van der Waals surface area contributed by atoms with Crippen LogP contribution in [0.5, 0.6) is 0 Å². The van der Waals surface area contributed by atoms with E-state index in [1.807, 2.05) is 0 Å². The molecular weight excluding hydrogens is 274 g/mol. The zero-order valence-electron chi connectivity index (χ0n) is 7.62. The summed E-state index contributed by atoms with van der Waals surface area (Å²) in [5.74, 6) is 5.06. The van der Waals surface area contributed by atoms with Crippen molar-refractivity contribution >= 4 is 39.0 Å². The third-order valence-corrected chi connectivity index (χ3v) is 3.06. The monoisotopic (exact) mass is 278 g/mol. The molecule has 5 nitrogen and oxygen atoms in total. The minimum Gasteiger partial charge on any atom is -0.744 e. The van der Waals surface area contributed by atoms with Crippen LogP contribution in [-0.4, -0.2) is 13.0 Å². The van der Waals surface area contributed by atoms with Gasteiger partial charge in [-0.15, -0.1) is 0 Å². The number of halogens is 2. The van der Waals surface area contributed by atoms with Crippen LogP contribution in [-0.2, 0) is 10.1 Å². The van der Waals surface area contributed by atoms with E-state index >= 15 is 0 Å². The first-order valence-corrected chi connectivity index (χ1v) is 5.44. The molecule has 0 aliphatic carbocycles. The van der Waals surface area contributed by atoms with Gasteiger partial charge in [-0.25, -0.2) is 8.42 Å². The number of nitrogens with two attached hydrogens (primary N) is 1. The molecule has 3 N–H and O–H groups in total. The standard InChI is InChI=1S/C6H6Cl2N2O3S.Na/c7-3-2-6(14(11,12)13)4(8)1-5(3)10-9;/h1-2,10H,9H2,(H,11,12,13);/q;+1/p-1. The van der Waals surface area contributed by atoms with Crippen molar-refractivity contribution in [1.29, 1.82) is 0 Å². The maximum Gasteiger partial charge on any atom is 1.00 e. The summed E-state index contributed by atoms with van der Waals surface area (Å²) in [6.45, 7) is 0. The Morgan fingerprint density at radius 3 is 2.20 bits per heavy atom. The van der Waals surface area contributed by atoms with Gasteiger partial charge in [0.05, 0.1) is 20.6 Å². The molecule has 1 rings (SSSR count). The van der Waals surface area contributed by atoms with Gasteiger partial charge in [-0.1, -0.05) is 23.2 Å². The van der Waals surface area contributed by atoms with Gasteiger partial charge in [0.25, 0.3) is 0 Å². The van der Waals surface area contributed by atoms with E-state index in [1.165, 1.54) is 0 Å². The number of benzene rings is 1. The van der Waals surface area contributed by atoms with Crippen molar-refractivity contribution in [1.82, 2.24) is 0 Å². The Morgan fingerprint density at radius 2 is 1.80 bits per heavy atom.